The van der Waals surface area contributed by atoms with Crippen molar-refractivity contribution in [1.82, 2.24) is 0 Å². The first-order valence-corrected chi connectivity index (χ1v) is 7.03. The topological polar surface area (TPSA) is 71.8 Å². The fourth-order valence-corrected chi connectivity index (χ4v) is 2.45. The molecule has 1 aliphatic rings. The Bertz CT molecular complexity index is 698. The van der Waals surface area contributed by atoms with E-state index < -0.39 is 0 Å². The van der Waals surface area contributed by atoms with Crippen LogP contribution < -0.4 is 10.2 Å². The van der Waals surface area contributed by atoms with Crippen molar-refractivity contribution in [1.29, 1.82) is 0 Å². The molecule has 108 valence electrons. The van der Waals surface area contributed by atoms with E-state index in [9.17, 15) is 9.59 Å². The molecule has 0 saturated carbocycles. The Morgan fingerprint density at radius 3 is 2.86 bits per heavy atom. The summed E-state index contributed by atoms with van der Waals surface area (Å²) < 4.78 is 10.3. The van der Waals surface area contributed by atoms with Gasteiger partial charge in [0.25, 0.3) is 5.91 Å². The van der Waals surface area contributed by atoms with E-state index in [0.29, 0.717) is 34.8 Å². The molecule has 0 unspecified atom stereocenters. The summed E-state index contributed by atoms with van der Waals surface area (Å²) in [5.74, 6) is -0.295. The van der Waals surface area contributed by atoms with Gasteiger partial charge in [0, 0.05) is 11.4 Å². The summed E-state index contributed by atoms with van der Waals surface area (Å²) in [5, 5.41) is 2.76. The van der Waals surface area contributed by atoms with Gasteiger partial charge in [-0.05, 0) is 40.2 Å². The number of anilines is 2. The number of nitrogens with zero attached hydrogens (tertiary/aromatic N) is 1. The highest BCUT2D eigenvalue weighted by Gasteiger charge is 2.23. The minimum Gasteiger partial charge on any atom is -0.457 e. The summed E-state index contributed by atoms with van der Waals surface area (Å²) >= 11 is 3.16. The van der Waals surface area contributed by atoms with Gasteiger partial charge in [-0.25, -0.2) is 4.79 Å². The highest BCUT2D eigenvalue weighted by atomic mass is 79.9. The largest absolute Gasteiger partial charge is 0.457 e. The number of hydrogen-bond acceptors (Lipinski definition) is 4. The lowest BCUT2D eigenvalue weighted by Crippen LogP contribution is -2.23. The lowest BCUT2D eigenvalue weighted by atomic mass is 10.2. The highest BCUT2D eigenvalue weighted by molar-refractivity contribution is 9.10. The third kappa shape index (κ3) is 2.78. The quantitative estimate of drug-likeness (QED) is 0.922. The van der Waals surface area contributed by atoms with Crippen LogP contribution in [0.5, 0.6) is 0 Å². The number of furan rings is 1. The molecular formula is C14H11BrN2O4. The zero-order chi connectivity index (χ0) is 14.8. The molecule has 6 nitrogen and oxygen atoms in total. The number of carbonyl (C=O) groups is 2. The number of rotatable bonds is 3. The van der Waals surface area contributed by atoms with Crippen molar-refractivity contribution < 1.29 is 18.7 Å². The molecule has 1 aromatic carbocycles. The summed E-state index contributed by atoms with van der Waals surface area (Å²) in [6.45, 7) is 0.876. The second-order valence-corrected chi connectivity index (χ2v) is 5.10. The number of amides is 2. The lowest BCUT2D eigenvalue weighted by Gasteiger charge is -2.14. The van der Waals surface area contributed by atoms with Crippen LogP contribution in [0, 0.1) is 0 Å². The van der Waals surface area contributed by atoms with E-state index in [-0.39, 0.29) is 12.0 Å². The molecule has 2 heterocycles. The van der Waals surface area contributed by atoms with Crippen LogP contribution in [0.4, 0.5) is 16.2 Å². The first-order valence-electron chi connectivity index (χ1n) is 6.24. The monoisotopic (exact) mass is 350 g/mol. The molecular weight excluding hydrogens is 340 g/mol. The van der Waals surface area contributed by atoms with Gasteiger partial charge in [0.15, 0.2) is 4.67 Å². The highest BCUT2D eigenvalue weighted by Crippen LogP contribution is 2.24. The van der Waals surface area contributed by atoms with Crippen LogP contribution in [0.15, 0.2) is 45.7 Å². The van der Waals surface area contributed by atoms with Crippen LogP contribution in [-0.4, -0.2) is 25.2 Å². The number of carbonyl (C=O) groups excluding carboxylic acids is 2. The van der Waals surface area contributed by atoms with Gasteiger partial charge in [-0.15, -0.1) is 0 Å². The molecule has 0 radical (unpaired) electrons. The first-order chi connectivity index (χ1) is 10.1. The molecule has 1 aromatic heterocycles. The Labute approximate surface area is 128 Å². The first kappa shape index (κ1) is 13.7. The van der Waals surface area contributed by atoms with Crippen molar-refractivity contribution in [2.45, 2.75) is 0 Å². The number of nitrogens with one attached hydrogen (secondary N) is 1. The van der Waals surface area contributed by atoms with Gasteiger partial charge in [-0.1, -0.05) is 6.07 Å². The summed E-state index contributed by atoms with van der Waals surface area (Å²) in [5.41, 5.74) is 1.67. The molecule has 7 heteroatoms. The van der Waals surface area contributed by atoms with Gasteiger partial charge < -0.3 is 14.5 Å². The number of cyclic esters (lactones) is 1. The smallest absolute Gasteiger partial charge is 0.414 e. The Hall–Kier alpha value is -2.28. The number of halogens is 1. The molecule has 21 heavy (non-hydrogen) atoms. The minimum atomic E-state index is -0.379. The molecule has 1 fully saturated rings. The van der Waals surface area contributed by atoms with Crippen LogP contribution in [0.3, 0.4) is 0 Å². The van der Waals surface area contributed by atoms with Crippen LogP contribution in [0.25, 0.3) is 0 Å². The van der Waals surface area contributed by atoms with Gasteiger partial charge in [0.1, 0.15) is 6.61 Å². The number of hydrogen-bond donors (Lipinski definition) is 1. The molecule has 2 amide bonds. The lowest BCUT2D eigenvalue weighted by molar-refractivity contribution is 0.102. The third-order valence-electron chi connectivity index (χ3n) is 3.04. The predicted octanol–water partition coefficient (Wildman–Crippen LogP) is 3.25. The van der Waals surface area contributed by atoms with Crippen molar-refractivity contribution in [3.05, 3.63) is 46.8 Å². The number of benzene rings is 1. The van der Waals surface area contributed by atoms with Gasteiger partial charge in [-0.2, -0.15) is 0 Å². The van der Waals surface area contributed by atoms with Crippen LogP contribution >= 0.6 is 15.9 Å². The maximum Gasteiger partial charge on any atom is 0.414 e. The fourth-order valence-electron chi connectivity index (χ4n) is 2.03. The molecule has 0 aliphatic carbocycles. The Morgan fingerprint density at radius 2 is 2.19 bits per heavy atom. The summed E-state index contributed by atoms with van der Waals surface area (Å²) in [6.07, 6.45) is 1.05. The third-order valence-corrected chi connectivity index (χ3v) is 3.65. The second kappa shape index (κ2) is 5.61. The summed E-state index contributed by atoms with van der Waals surface area (Å²) in [7, 11) is 0. The van der Waals surface area contributed by atoms with Gasteiger partial charge in [0.05, 0.1) is 18.4 Å². The van der Waals surface area contributed by atoms with Crippen molar-refractivity contribution >= 4 is 39.3 Å². The second-order valence-electron chi connectivity index (χ2n) is 4.38. The van der Waals surface area contributed by atoms with Gasteiger partial charge in [0.2, 0.25) is 0 Å². The van der Waals surface area contributed by atoms with Crippen LogP contribution in [0.1, 0.15) is 10.4 Å². The maximum absolute atomic E-state index is 12.1. The van der Waals surface area contributed by atoms with E-state index >= 15 is 0 Å². The Kier molecular flexibility index (Phi) is 3.66. The zero-order valence-electron chi connectivity index (χ0n) is 10.8. The van der Waals surface area contributed by atoms with Crippen LogP contribution in [0.2, 0.25) is 0 Å². The van der Waals surface area contributed by atoms with E-state index in [1.54, 1.807) is 30.3 Å². The molecule has 0 spiro atoms. The van der Waals surface area contributed by atoms with Crippen molar-refractivity contribution in [2.75, 3.05) is 23.4 Å². The van der Waals surface area contributed by atoms with E-state index in [4.69, 9.17) is 9.15 Å². The van der Waals surface area contributed by atoms with E-state index in [2.05, 4.69) is 21.2 Å². The van der Waals surface area contributed by atoms with Crippen molar-refractivity contribution in [3.8, 4) is 0 Å². The van der Waals surface area contributed by atoms with E-state index in [1.807, 2.05) is 0 Å². The zero-order valence-corrected chi connectivity index (χ0v) is 12.4. The van der Waals surface area contributed by atoms with Gasteiger partial charge >= 0.3 is 6.09 Å². The molecule has 0 atom stereocenters. The maximum atomic E-state index is 12.1. The van der Waals surface area contributed by atoms with E-state index in [1.165, 1.54) is 11.2 Å². The fraction of sp³-hybridized carbons (Fsp3) is 0.143. The number of ether oxygens (including phenoxy) is 1. The molecule has 0 bridgehead atoms. The predicted molar refractivity (Wildman–Crippen MR) is 79.5 cm³/mol. The summed E-state index contributed by atoms with van der Waals surface area (Å²) in [6, 6.07) is 8.59. The minimum absolute atomic E-state index is 0.295. The molecule has 1 saturated heterocycles. The van der Waals surface area contributed by atoms with Crippen molar-refractivity contribution in [2.24, 2.45) is 0 Å². The SMILES string of the molecule is O=C(Nc1cccc(N2CCOC2=O)c1)c1ccoc1Br. The van der Waals surface area contributed by atoms with E-state index in [0.717, 1.165) is 0 Å². The molecule has 3 rings (SSSR count). The Morgan fingerprint density at radius 1 is 1.33 bits per heavy atom. The van der Waals surface area contributed by atoms with Crippen LogP contribution in [-0.2, 0) is 4.74 Å². The molecule has 1 N–H and O–H groups in total. The Balaban J connectivity index is 1.79. The molecule has 1 aliphatic heterocycles. The van der Waals surface area contributed by atoms with Gasteiger partial charge in [-0.3, -0.25) is 9.69 Å². The average Bonchev–Trinajstić information content (AvgIpc) is 3.07. The molecule has 2 aromatic rings. The normalized spacial score (nSPS) is 14.1. The van der Waals surface area contributed by atoms with Crippen molar-refractivity contribution in [3.63, 3.8) is 0 Å². The average molecular weight is 351 g/mol. The summed E-state index contributed by atoms with van der Waals surface area (Å²) in [4.78, 5) is 25.1. The standard InChI is InChI=1S/C14H11BrN2O4/c15-12-11(4-6-20-12)13(18)16-9-2-1-3-10(8-9)17-5-7-21-14(17)19/h1-4,6,8H,5,7H2,(H,16,18).